The Bertz CT molecular complexity index is 1830. The van der Waals surface area contributed by atoms with E-state index in [4.69, 9.17) is 4.74 Å². The van der Waals surface area contributed by atoms with Crippen LogP contribution in [-0.4, -0.2) is 79.0 Å². The molecule has 47 heavy (non-hydrogen) atoms. The number of anilines is 2. The zero-order valence-electron chi connectivity index (χ0n) is 26.4. The van der Waals surface area contributed by atoms with Crippen LogP contribution in [0.4, 0.5) is 20.0 Å². The van der Waals surface area contributed by atoms with Crippen molar-refractivity contribution in [2.45, 2.75) is 58.3 Å². The first-order valence-corrected chi connectivity index (χ1v) is 16.5. The first-order valence-electron chi connectivity index (χ1n) is 15.6. The lowest BCUT2D eigenvalue weighted by atomic mass is 10.0. The molecule has 1 aromatic carbocycles. The van der Waals surface area contributed by atoms with Gasteiger partial charge in [0.15, 0.2) is 11.2 Å². The molecule has 1 saturated heterocycles. The number of aromatic nitrogens is 4. The fourth-order valence-electron chi connectivity index (χ4n) is 6.36. The zero-order valence-corrected chi connectivity index (χ0v) is 27.2. The summed E-state index contributed by atoms with van der Waals surface area (Å²) < 4.78 is 23.2. The second-order valence-electron chi connectivity index (χ2n) is 12.9. The van der Waals surface area contributed by atoms with Crippen molar-refractivity contribution in [3.63, 3.8) is 0 Å². The van der Waals surface area contributed by atoms with Crippen LogP contribution in [0.15, 0.2) is 48.4 Å². The average molecular weight is 659 g/mol. The van der Waals surface area contributed by atoms with Crippen LogP contribution in [0.25, 0.3) is 11.3 Å². The van der Waals surface area contributed by atoms with Crippen LogP contribution in [0.5, 0.6) is 0 Å². The Morgan fingerprint density at radius 1 is 1.06 bits per heavy atom. The average Bonchev–Trinajstić information content (AvgIpc) is 3.85. The molecule has 3 aliphatic rings. The van der Waals surface area contributed by atoms with Crippen LogP contribution < -0.4 is 10.2 Å². The Balaban J connectivity index is 1.10. The number of fused-ring (bicyclic) bond motifs is 2. The number of carbonyl (C=O) groups excluding carboxylic acids is 3. The number of benzene rings is 1. The minimum Gasteiger partial charge on any atom is -0.444 e. The third-order valence-electron chi connectivity index (χ3n) is 8.63. The van der Waals surface area contributed by atoms with Crippen LogP contribution in [0.3, 0.4) is 0 Å². The van der Waals surface area contributed by atoms with E-state index in [1.54, 1.807) is 41.1 Å². The van der Waals surface area contributed by atoms with Crippen molar-refractivity contribution in [3.8, 4) is 11.3 Å². The number of ether oxygens (including phenoxy) is 1. The van der Waals surface area contributed by atoms with E-state index in [1.807, 2.05) is 31.4 Å². The largest absolute Gasteiger partial charge is 0.444 e. The summed E-state index contributed by atoms with van der Waals surface area (Å²) in [5.74, 6) is -1.43. The Morgan fingerprint density at radius 3 is 2.57 bits per heavy atom. The quantitative estimate of drug-likeness (QED) is 0.311. The van der Waals surface area contributed by atoms with Crippen molar-refractivity contribution >= 4 is 40.1 Å². The van der Waals surface area contributed by atoms with E-state index in [9.17, 15) is 14.4 Å². The molecular weight excluding hydrogens is 623 g/mol. The van der Waals surface area contributed by atoms with Crippen molar-refractivity contribution in [2.75, 3.05) is 36.4 Å². The summed E-state index contributed by atoms with van der Waals surface area (Å²) in [4.78, 5) is 58.6. The molecule has 0 radical (unpaired) electrons. The Hall–Kier alpha value is -4.85. The zero-order chi connectivity index (χ0) is 32.9. The fraction of sp³-hybridized carbons (Fsp3) is 0.394. The number of imidazole rings is 1. The molecule has 3 aliphatic heterocycles. The minimum atomic E-state index is -1.05. The van der Waals surface area contributed by atoms with Gasteiger partial charge in [-0.05, 0) is 57.9 Å². The van der Waals surface area contributed by atoms with Crippen molar-refractivity contribution in [1.82, 2.24) is 29.3 Å². The highest BCUT2D eigenvalue weighted by Crippen LogP contribution is 2.38. The van der Waals surface area contributed by atoms with E-state index in [0.717, 1.165) is 30.8 Å². The Labute approximate surface area is 275 Å². The summed E-state index contributed by atoms with van der Waals surface area (Å²) >= 11 is 1.27. The van der Waals surface area contributed by atoms with Gasteiger partial charge in [0, 0.05) is 66.7 Å². The van der Waals surface area contributed by atoms with Gasteiger partial charge in [-0.1, -0.05) is 0 Å². The minimum absolute atomic E-state index is 0.0653. The molecule has 3 aromatic heterocycles. The van der Waals surface area contributed by atoms with Crippen molar-refractivity contribution in [1.29, 1.82) is 0 Å². The molecule has 4 aromatic rings. The lowest BCUT2D eigenvalue weighted by Gasteiger charge is -2.36. The third-order valence-corrected chi connectivity index (χ3v) is 9.32. The van der Waals surface area contributed by atoms with Gasteiger partial charge in [-0.15, -0.1) is 11.3 Å². The predicted octanol–water partition coefficient (Wildman–Crippen LogP) is 4.88. The number of nitrogens with one attached hydrogen (secondary N) is 1. The first kappa shape index (κ1) is 30.8. The van der Waals surface area contributed by atoms with Gasteiger partial charge in [0.25, 0.3) is 11.8 Å². The van der Waals surface area contributed by atoms with Gasteiger partial charge in [-0.2, -0.15) is 0 Å². The van der Waals surface area contributed by atoms with Gasteiger partial charge >= 0.3 is 6.09 Å². The molecule has 6 heterocycles. The normalized spacial score (nSPS) is 16.7. The van der Waals surface area contributed by atoms with Crippen LogP contribution in [0.2, 0.25) is 0 Å². The lowest BCUT2D eigenvalue weighted by molar-refractivity contribution is -0.121. The van der Waals surface area contributed by atoms with E-state index in [1.165, 1.54) is 22.3 Å². The molecule has 0 bridgehead atoms. The number of thiazole rings is 1. The van der Waals surface area contributed by atoms with E-state index in [2.05, 4.69) is 25.2 Å². The van der Waals surface area contributed by atoms with Gasteiger partial charge < -0.3 is 24.0 Å². The molecule has 0 spiro atoms. The molecule has 14 heteroatoms. The van der Waals surface area contributed by atoms with Crippen molar-refractivity contribution < 1.29 is 23.5 Å². The Kier molecular flexibility index (Phi) is 7.90. The molecule has 1 N–H and O–H groups in total. The number of nitrogens with zero attached hydrogens (tertiary/aromatic N) is 7. The maximum atomic E-state index is 15.7. The van der Waals surface area contributed by atoms with Crippen LogP contribution in [0.1, 0.15) is 60.5 Å². The molecule has 1 atom stereocenters. The summed E-state index contributed by atoms with van der Waals surface area (Å²) in [7, 11) is 0. The standard InChI is InChI=1S/C33H35FN8O4S/c1-33(2,3)46-32(45)40-12-10-39(11-13-40)21-6-7-25(36-17-21)20-15-22-23(24(34)16-20)18-42(30(22)44)28(29(43)38-31-35-8-14-47-31)27-26-5-4-9-41(26)19-37-27/h6-8,14-17,19,28H,4-5,9-13,18H2,1-3H3,(H,35,38,43). The third kappa shape index (κ3) is 6.04. The maximum absolute atomic E-state index is 15.7. The number of rotatable bonds is 6. The molecule has 1 unspecified atom stereocenters. The second-order valence-corrected chi connectivity index (χ2v) is 13.8. The second kappa shape index (κ2) is 12.1. The van der Waals surface area contributed by atoms with Crippen LogP contribution in [-0.2, 0) is 29.0 Å². The highest BCUT2D eigenvalue weighted by molar-refractivity contribution is 7.13. The molecule has 3 amide bonds. The summed E-state index contributed by atoms with van der Waals surface area (Å²) in [5, 5.41) is 4.98. The molecule has 7 rings (SSSR count). The molecule has 0 saturated carbocycles. The van der Waals surface area contributed by atoms with Crippen molar-refractivity contribution in [2.24, 2.45) is 0 Å². The smallest absolute Gasteiger partial charge is 0.410 e. The molecule has 0 aliphatic carbocycles. The van der Waals surface area contributed by atoms with Crippen LogP contribution >= 0.6 is 11.3 Å². The summed E-state index contributed by atoms with van der Waals surface area (Å²) in [5.41, 5.74) is 3.15. The highest BCUT2D eigenvalue weighted by atomic mass is 32.1. The lowest BCUT2D eigenvalue weighted by Crippen LogP contribution is -2.50. The summed E-state index contributed by atoms with van der Waals surface area (Å²) in [6.45, 7) is 8.56. The van der Waals surface area contributed by atoms with Gasteiger partial charge in [0.05, 0.1) is 36.1 Å². The molecule has 12 nitrogen and oxygen atoms in total. The maximum Gasteiger partial charge on any atom is 0.410 e. The molecule has 244 valence electrons. The number of aryl methyl sites for hydroxylation is 1. The van der Waals surface area contributed by atoms with Gasteiger partial charge in [-0.3, -0.25) is 19.9 Å². The number of hydrogen-bond acceptors (Lipinski definition) is 9. The van der Waals surface area contributed by atoms with Crippen LogP contribution in [0, 0.1) is 5.82 Å². The number of amides is 3. The monoisotopic (exact) mass is 658 g/mol. The highest BCUT2D eigenvalue weighted by Gasteiger charge is 2.42. The molecular formula is C33H35FN8O4S. The summed E-state index contributed by atoms with van der Waals surface area (Å²) in [6, 6.07) is 5.69. The van der Waals surface area contributed by atoms with E-state index in [-0.39, 0.29) is 23.8 Å². The number of halogens is 1. The van der Waals surface area contributed by atoms with Gasteiger partial charge in [-0.25, -0.2) is 19.2 Å². The van der Waals surface area contributed by atoms with E-state index >= 15 is 4.39 Å². The SMILES string of the molecule is CC(C)(C)OC(=O)N1CCN(c2ccc(-c3cc(F)c4c(c3)C(=O)N(C(C(=O)Nc3nccs3)c3ncn5c3CCC5)C4)nc2)CC1. The van der Waals surface area contributed by atoms with Gasteiger partial charge in [0.1, 0.15) is 11.4 Å². The van der Waals surface area contributed by atoms with E-state index in [0.29, 0.717) is 48.3 Å². The van der Waals surface area contributed by atoms with Gasteiger partial charge in [0.2, 0.25) is 0 Å². The topological polar surface area (TPSA) is 126 Å². The van der Waals surface area contributed by atoms with E-state index < -0.39 is 29.3 Å². The number of piperazine rings is 1. The first-order chi connectivity index (χ1) is 22.6. The fourth-order valence-corrected chi connectivity index (χ4v) is 6.90. The van der Waals surface area contributed by atoms with Crippen molar-refractivity contribution in [3.05, 3.63) is 76.7 Å². The summed E-state index contributed by atoms with van der Waals surface area (Å²) in [6.07, 6.45) is 6.35. The number of hydrogen-bond donors (Lipinski definition) is 1. The number of carbonyl (C=O) groups is 3. The Morgan fingerprint density at radius 2 is 1.87 bits per heavy atom. The molecule has 1 fully saturated rings. The number of pyridine rings is 1. The predicted molar refractivity (Wildman–Crippen MR) is 174 cm³/mol.